The molecule has 0 fully saturated rings. The van der Waals surface area contributed by atoms with Crippen molar-refractivity contribution in [3.8, 4) is 12.1 Å². The Hall–Kier alpha value is -0.160. The zero-order valence-electron chi connectivity index (χ0n) is 12.7. The Kier molecular flexibility index (Phi) is 11.2. The normalized spacial score (nSPS) is 9.42. The number of halogens is 4. The van der Waals surface area contributed by atoms with Crippen LogP contribution >= 0.6 is 77.0 Å². The first-order valence-corrected chi connectivity index (χ1v) is 11.4. The van der Waals surface area contributed by atoms with Gasteiger partial charge in [-0.05, 0) is 91.7 Å². The third-order valence-corrected chi connectivity index (χ3v) is 5.71. The Morgan fingerprint density at radius 2 is 1.17 bits per heavy atom. The predicted octanol–water partition coefficient (Wildman–Crippen LogP) is 6.50. The number of alkyl halides is 2. The number of hydrogen-bond donors (Lipinski definition) is 0. The Morgan fingerprint density at radius 1 is 0.708 bits per heavy atom. The van der Waals surface area contributed by atoms with Gasteiger partial charge in [-0.2, -0.15) is 10.5 Å². The van der Waals surface area contributed by atoms with E-state index < -0.39 is 0 Å². The molecule has 0 aromatic heterocycles. The van der Waals surface area contributed by atoms with Crippen LogP contribution in [0.3, 0.4) is 0 Å². The molecule has 0 heterocycles. The molecule has 24 heavy (non-hydrogen) atoms. The standard InChI is InChI=1S/C10H7IN2.C8H7Br2I/c11-10-2-1-8(3-5-12)9(7-10)4-6-13;9-4-6-1-2-8(11)3-7(6)5-10/h1-2,7H,3-4H2;1-3H,4-5H2. The van der Waals surface area contributed by atoms with Gasteiger partial charge in [-0.1, -0.05) is 44.0 Å². The first-order valence-electron chi connectivity index (χ1n) is 6.96. The number of rotatable bonds is 4. The highest BCUT2D eigenvalue weighted by Crippen LogP contribution is 2.18. The topological polar surface area (TPSA) is 47.6 Å². The molecule has 0 saturated heterocycles. The SMILES string of the molecule is BrCc1ccc(I)cc1CBr.N#CCc1ccc(I)cc1CC#N. The van der Waals surface area contributed by atoms with E-state index in [1.54, 1.807) is 0 Å². The van der Waals surface area contributed by atoms with Gasteiger partial charge in [-0.15, -0.1) is 0 Å². The third kappa shape index (κ3) is 7.38. The Labute approximate surface area is 187 Å². The summed E-state index contributed by atoms with van der Waals surface area (Å²) in [4.78, 5) is 0. The maximum atomic E-state index is 8.57. The molecule has 0 aliphatic carbocycles. The zero-order chi connectivity index (χ0) is 17.9. The van der Waals surface area contributed by atoms with E-state index in [9.17, 15) is 0 Å². The molecule has 0 atom stereocenters. The first-order chi connectivity index (χ1) is 11.5. The van der Waals surface area contributed by atoms with Gasteiger partial charge in [0.15, 0.2) is 0 Å². The average Bonchev–Trinajstić information content (AvgIpc) is 2.58. The molecule has 0 saturated carbocycles. The van der Waals surface area contributed by atoms with E-state index in [-0.39, 0.29) is 0 Å². The highest BCUT2D eigenvalue weighted by Gasteiger charge is 2.02. The lowest BCUT2D eigenvalue weighted by Crippen LogP contribution is -1.92. The van der Waals surface area contributed by atoms with Crippen LogP contribution in [0.5, 0.6) is 0 Å². The average molecular weight is 672 g/mol. The van der Waals surface area contributed by atoms with Crippen molar-refractivity contribution in [3.05, 3.63) is 65.8 Å². The summed E-state index contributed by atoms with van der Waals surface area (Å²) in [7, 11) is 0. The van der Waals surface area contributed by atoms with Gasteiger partial charge in [0.2, 0.25) is 0 Å². The van der Waals surface area contributed by atoms with Crippen LogP contribution in [-0.4, -0.2) is 0 Å². The predicted molar refractivity (Wildman–Crippen MR) is 122 cm³/mol. The summed E-state index contributed by atoms with van der Waals surface area (Å²) in [5.74, 6) is 0. The molecular weight excluding hydrogens is 658 g/mol. The van der Waals surface area contributed by atoms with Gasteiger partial charge in [-0.3, -0.25) is 0 Å². The second-order valence-electron chi connectivity index (χ2n) is 4.76. The van der Waals surface area contributed by atoms with Crippen LogP contribution in [0.4, 0.5) is 0 Å². The van der Waals surface area contributed by atoms with Crippen LogP contribution < -0.4 is 0 Å². The van der Waals surface area contributed by atoms with Gasteiger partial charge in [0.25, 0.3) is 0 Å². The number of hydrogen-bond acceptors (Lipinski definition) is 2. The molecule has 0 unspecified atom stereocenters. The molecule has 0 spiro atoms. The third-order valence-electron chi connectivity index (χ3n) is 3.16. The van der Waals surface area contributed by atoms with E-state index in [1.807, 2.05) is 18.2 Å². The lowest BCUT2D eigenvalue weighted by molar-refractivity contribution is 1.15. The summed E-state index contributed by atoms with van der Waals surface area (Å²) in [6.45, 7) is 0. The Balaban J connectivity index is 0.000000243. The summed E-state index contributed by atoms with van der Waals surface area (Å²) in [6, 6.07) is 16.5. The summed E-state index contributed by atoms with van der Waals surface area (Å²) in [5, 5.41) is 19.0. The van der Waals surface area contributed by atoms with Gasteiger partial charge in [0.05, 0.1) is 25.0 Å². The van der Waals surface area contributed by atoms with Crippen molar-refractivity contribution in [2.75, 3.05) is 0 Å². The summed E-state index contributed by atoms with van der Waals surface area (Å²) in [5.41, 5.74) is 4.66. The van der Waals surface area contributed by atoms with Crippen LogP contribution in [0.15, 0.2) is 36.4 Å². The molecule has 0 amide bonds. The fourth-order valence-electron chi connectivity index (χ4n) is 1.95. The van der Waals surface area contributed by atoms with Crippen molar-refractivity contribution in [2.45, 2.75) is 23.5 Å². The molecule has 6 heteroatoms. The molecule has 0 aliphatic heterocycles. The fourth-order valence-corrected chi connectivity index (χ4v) is 4.13. The van der Waals surface area contributed by atoms with Crippen LogP contribution in [0.25, 0.3) is 0 Å². The fraction of sp³-hybridized carbons (Fsp3) is 0.222. The molecule has 2 aromatic carbocycles. The Bertz CT molecular complexity index is 765. The quantitative estimate of drug-likeness (QED) is 0.275. The van der Waals surface area contributed by atoms with Gasteiger partial charge in [0, 0.05) is 17.8 Å². The zero-order valence-corrected chi connectivity index (χ0v) is 20.2. The minimum absolute atomic E-state index is 0.383. The van der Waals surface area contributed by atoms with E-state index in [4.69, 9.17) is 10.5 Å². The number of nitrogens with zero attached hydrogens (tertiary/aromatic N) is 2. The van der Waals surface area contributed by atoms with Crippen molar-refractivity contribution >= 4 is 77.0 Å². The molecule has 0 radical (unpaired) electrons. The van der Waals surface area contributed by atoms with Crippen molar-refractivity contribution in [2.24, 2.45) is 0 Å². The van der Waals surface area contributed by atoms with Gasteiger partial charge < -0.3 is 0 Å². The monoisotopic (exact) mass is 670 g/mol. The van der Waals surface area contributed by atoms with E-state index >= 15 is 0 Å². The highest BCUT2D eigenvalue weighted by molar-refractivity contribution is 14.1. The summed E-state index contributed by atoms with van der Waals surface area (Å²) >= 11 is 11.4. The van der Waals surface area contributed by atoms with Gasteiger partial charge >= 0.3 is 0 Å². The summed E-state index contributed by atoms with van der Waals surface area (Å²) in [6.07, 6.45) is 0.766. The van der Waals surface area contributed by atoms with E-state index in [1.165, 1.54) is 14.7 Å². The van der Waals surface area contributed by atoms with Crippen molar-refractivity contribution in [3.63, 3.8) is 0 Å². The minimum atomic E-state index is 0.383. The highest BCUT2D eigenvalue weighted by atomic mass is 127. The summed E-state index contributed by atoms with van der Waals surface area (Å²) < 4.78 is 2.39. The van der Waals surface area contributed by atoms with E-state index in [2.05, 4.69) is 107 Å². The number of nitriles is 2. The lowest BCUT2D eigenvalue weighted by Gasteiger charge is -2.03. The molecule has 2 rings (SSSR count). The molecule has 124 valence electrons. The lowest BCUT2D eigenvalue weighted by atomic mass is 10.0. The van der Waals surface area contributed by atoms with Crippen LogP contribution in [0.1, 0.15) is 22.3 Å². The second-order valence-corrected chi connectivity index (χ2v) is 8.38. The molecule has 2 aromatic rings. The first kappa shape index (κ1) is 21.9. The molecule has 2 nitrogen and oxygen atoms in total. The molecule has 0 aliphatic rings. The van der Waals surface area contributed by atoms with Crippen molar-refractivity contribution in [1.29, 1.82) is 10.5 Å². The maximum Gasteiger partial charge on any atom is 0.0669 e. The second kappa shape index (κ2) is 12.2. The molecule has 0 N–H and O–H groups in total. The smallest absolute Gasteiger partial charge is 0.0669 e. The van der Waals surface area contributed by atoms with E-state index in [0.717, 1.165) is 25.4 Å². The largest absolute Gasteiger partial charge is 0.198 e. The van der Waals surface area contributed by atoms with Gasteiger partial charge in [0.1, 0.15) is 0 Å². The van der Waals surface area contributed by atoms with Crippen LogP contribution in [-0.2, 0) is 23.5 Å². The molecular formula is C18H14Br2I2N2. The van der Waals surface area contributed by atoms with Crippen molar-refractivity contribution < 1.29 is 0 Å². The van der Waals surface area contributed by atoms with E-state index in [0.29, 0.717) is 12.8 Å². The van der Waals surface area contributed by atoms with Crippen LogP contribution in [0, 0.1) is 29.8 Å². The van der Waals surface area contributed by atoms with Gasteiger partial charge in [-0.25, -0.2) is 0 Å². The van der Waals surface area contributed by atoms with Crippen molar-refractivity contribution in [1.82, 2.24) is 0 Å². The van der Waals surface area contributed by atoms with Crippen LogP contribution in [0.2, 0.25) is 0 Å². The maximum absolute atomic E-state index is 8.57. The minimum Gasteiger partial charge on any atom is -0.198 e. The molecule has 0 bridgehead atoms. The number of benzene rings is 2. The Morgan fingerprint density at radius 3 is 1.67 bits per heavy atom.